The molecular weight excluding hydrogens is 361 g/mol. The third-order valence-corrected chi connectivity index (χ3v) is 5.48. The van der Waals surface area contributed by atoms with Crippen molar-refractivity contribution in [1.82, 2.24) is 20.0 Å². The third-order valence-electron chi connectivity index (χ3n) is 5.48. The summed E-state index contributed by atoms with van der Waals surface area (Å²) in [5, 5.41) is 3.95. The van der Waals surface area contributed by atoms with Crippen LogP contribution in [0.3, 0.4) is 0 Å². The Morgan fingerprint density at radius 2 is 1.93 bits per heavy atom. The highest BCUT2D eigenvalue weighted by atomic mass is 19.1. The maximum absolute atomic E-state index is 13.1. The lowest BCUT2D eigenvalue weighted by molar-refractivity contribution is 0.0772. The van der Waals surface area contributed by atoms with Gasteiger partial charge in [0, 0.05) is 62.0 Å². The smallest absolute Gasteiger partial charge is 0.276 e. The molecule has 7 nitrogen and oxygen atoms in total. The molecule has 2 aliphatic heterocycles. The summed E-state index contributed by atoms with van der Waals surface area (Å²) in [7, 11) is 0. The maximum atomic E-state index is 13.1. The lowest BCUT2D eigenvalue weighted by atomic mass is 10.0. The van der Waals surface area contributed by atoms with E-state index in [-0.39, 0.29) is 11.7 Å². The molecule has 5 rings (SSSR count). The summed E-state index contributed by atoms with van der Waals surface area (Å²) in [4.78, 5) is 25.1. The van der Waals surface area contributed by atoms with Gasteiger partial charge in [-0.3, -0.25) is 9.78 Å². The van der Waals surface area contributed by atoms with E-state index in [1.807, 2.05) is 17.0 Å². The average molecular weight is 379 g/mol. The van der Waals surface area contributed by atoms with Gasteiger partial charge in [-0.1, -0.05) is 5.16 Å². The van der Waals surface area contributed by atoms with Gasteiger partial charge in [0.2, 0.25) is 0 Å². The number of fused-ring (bicyclic) bond motifs is 1. The number of nitrogens with zero attached hydrogens (tertiary/aromatic N) is 5. The Hall–Kier alpha value is -3.29. The van der Waals surface area contributed by atoms with E-state index in [0.29, 0.717) is 36.4 Å². The van der Waals surface area contributed by atoms with Gasteiger partial charge < -0.3 is 14.3 Å². The van der Waals surface area contributed by atoms with Crippen molar-refractivity contribution in [3.8, 4) is 11.3 Å². The normalized spacial score (nSPS) is 21.2. The van der Waals surface area contributed by atoms with Gasteiger partial charge in [0.15, 0.2) is 11.5 Å². The van der Waals surface area contributed by atoms with Gasteiger partial charge in [-0.25, -0.2) is 9.37 Å². The predicted octanol–water partition coefficient (Wildman–Crippen LogP) is 2.48. The molecule has 3 aromatic heterocycles. The summed E-state index contributed by atoms with van der Waals surface area (Å²) in [5.41, 5.74) is 1.10. The molecule has 0 saturated carbocycles. The summed E-state index contributed by atoms with van der Waals surface area (Å²) in [6.07, 6.45) is 4.59. The lowest BCUT2D eigenvalue weighted by Gasteiger charge is -2.21. The first-order valence-corrected chi connectivity index (χ1v) is 9.20. The van der Waals surface area contributed by atoms with E-state index >= 15 is 0 Å². The van der Waals surface area contributed by atoms with Gasteiger partial charge in [-0.05, 0) is 24.3 Å². The van der Waals surface area contributed by atoms with Crippen molar-refractivity contribution in [3.05, 3.63) is 60.4 Å². The van der Waals surface area contributed by atoms with Gasteiger partial charge in [0.05, 0.1) is 6.20 Å². The molecule has 2 atom stereocenters. The number of rotatable bonds is 3. The maximum Gasteiger partial charge on any atom is 0.276 e. The van der Waals surface area contributed by atoms with Gasteiger partial charge in [0.1, 0.15) is 11.6 Å². The van der Waals surface area contributed by atoms with E-state index in [1.54, 1.807) is 24.5 Å². The molecule has 0 spiro atoms. The fraction of sp³-hybridized carbons (Fsp3) is 0.300. The van der Waals surface area contributed by atoms with Crippen LogP contribution in [0, 0.1) is 17.7 Å². The van der Waals surface area contributed by atoms with Crippen LogP contribution in [0.5, 0.6) is 0 Å². The number of halogens is 1. The Morgan fingerprint density at radius 1 is 1.11 bits per heavy atom. The highest BCUT2D eigenvalue weighted by Crippen LogP contribution is 2.34. The number of amides is 1. The number of aromatic nitrogens is 3. The van der Waals surface area contributed by atoms with Crippen LogP contribution in [0.2, 0.25) is 0 Å². The minimum atomic E-state index is -0.335. The number of carbonyl (C=O) groups is 1. The predicted molar refractivity (Wildman–Crippen MR) is 99.0 cm³/mol. The topological polar surface area (TPSA) is 75.4 Å². The van der Waals surface area contributed by atoms with Crippen molar-refractivity contribution in [3.63, 3.8) is 0 Å². The summed E-state index contributed by atoms with van der Waals surface area (Å²) in [5.74, 6) is 1.62. The SMILES string of the molecule is O=C(c1cc(-c2cccnc2)on1)N1CC2CN(c3ccc(F)cn3)CC2C1. The van der Waals surface area contributed by atoms with Crippen molar-refractivity contribution < 1.29 is 13.7 Å². The highest BCUT2D eigenvalue weighted by molar-refractivity contribution is 5.93. The third kappa shape index (κ3) is 3.00. The molecule has 28 heavy (non-hydrogen) atoms. The standard InChI is InChI=1S/C20H18FN5O2/c21-16-3-4-19(23-8-16)25-9-14-11-26(12-15(14)10-25)20(27)17-6-18(28-24-17)13-2-1-5-22-7-13/h1-8,14-15H,9-12H2. The molecule has 2 fully saturated rings. The second-order valence-electron chi connectivity index (χ2n) is 7.29. The van der Waals surface area contributed by atoms with E-state index < -0.39 is 0 Å². The van der Waals surface area contributed by atoms with Crippen LogP contribution in [0.4, 0.5) is 10.2 Å². The molecule has 0 aliphatic carbocycles. The highest BCUT2D eigenvalue weighted by Gasteiger charge is 2.42. The Labute approximate surface area is 160 Å². The molecule has 0 bridgehead atoms. The second kappa shape index (κ2) is 6.70. The average Bonchev–Trinajstić information content (AvgIpc) is 3.43. The zero-order valence-corrected chi connectivity index (χ0v) is 15.0. The van der Waals surface area contributed by atoms with Crippen molar-refractivity contribution in [2.45, 2.75) is 0 Å². The first kappa shape index (κ1) is 16.9. The molecule has 8 heteroatoms. The monoisotopic (exact) mass is 379 g/mol. The summed E-state index contributed by atoms with van der Waals surface area (Å²) >= 11 is 0. The summed E-state index contributed by atoms with van der Waals surface area (Å²) in [6, 6.07) is 8.47. The Bertz CT molecular complexity index is 977. The molecule has 2 saturated heterocycles. The molecule has 0 N–H and O–H groups in total. The minimum absolute atomic E-state index is 0.111. The molecule has 0 radical (unpaired) electrons. The molecule has 1 amide bonds. The van der Waals surface area contributed by atoms with E-state index in [4.69, 9.17) is 4.52 Å². The Kier molecular flexibility index (Phi) is 4.03. The molecule has 5 heterocycles. The van der Waals surface area contributed by atoms with E-state index in [0.717, 1.165) is 24.5 Å². The largest absolute Gasteiger partial charge is 0.356 e. The quantitative estimate of drug-likeness (QED) is 0.696. The number of pyridine rings is 2. The number of anilines is 1. The molecular formula is C20H18FN5O2. The van der Waals surface area contributed by atoms with Crippen LogP contribution < -0.4 is 4.90 Å². The number of hydrogen-bond donors (Lipinski definition) is 0. The van der Waals surface area contributed by atoms with Crippen LogP contribution >= 0.6 is 0 Å². The van der Waals surface area contributed by atoms with Gasteiger partial charge in [-0.15, -0.1) is 0 Å². The first-order chi connectivity index (χ1) is 13.7. The van der Waals surface area contributed by atoms with Crippen molar-refractivity contribution in [2.24, 2.45) is 11.8 Å². The first-order valence-electron chi connectivity index (χ1n) is 9.20. The van der Waals surface area contributed by atoms with Crippen molar-refractivity contribution >= 4 is 11.7 Å². The van der Waals surface area contributed by atoms with E-state index in [1.165, 1.54) is 12.3 Å². The minimum Gasteiger partial charge on any atom is -0.356 e. The zero-order chi connectivity index (χ0) is 19.1. The van der Waals surface area contributed by atoms with E-state index in [9.17, 15) is 9.18 Å². The number of carbonyl (C=O) groups excluding carboxylic acids is 1. The summed E-state index contributed by atoms with van der Waals surface area (Å²) in [6.45, 7) is 2.98. The van der Waals surface area contributed by atoms with Gasteiger partial charge in [-0.2, -0.15) is 0 Å². The number of hydrogen-bond acceptors (Lipinski definition) is 6. The van der Waals surface area contributed by atoms with Crippen LogP contribution in [-0.4, -0.2) is 52.1 Å². The molecule has 2 unspecified atom stereocenters. The van der Waals surface area contributed by atoms with E-state index in [2.05, 4.69) is 20.0 Å². The van der Waals surface area contributed by atoms with Gasteiger partial charge >= 0.3 is 0 Å². The molecule has 142 valence electrons. The van der Waals surface area contributed by atoms with Crippen molar-refractivity contribution in [1.29, 1.82) is 0 Å². The summed E-state index contributed by atoms with van der Waals surface area (Å²) < 4.78 is 18.4. The van der Waals surface area contributed by atoms with Crippen LogP contribution in [0.25, 0.3) is 11.3 Å². The fourth-order valence-electron chi connectivity index (χ4n) is 4.08. The second-order valence-corrected chi connectivity index (χ2v) is 7.29. The fourth-order valence-corrected chi connectivity index (χ4v) is 4.08. The molecule has 3 aromatic rings. The molecule has 2 aliphatic rings. The molecule has 0 aromatic carbocycles. The van der Waals surface area contributed by atoms with Crippen LogP contribution in [0.15, 0.2) is 53.4 Å². The Morgan fingerprint density at radius 3 is 2.61 bits per heavy atom. The van der Waals surface area contributed by atoms with Gasteiger partial charge in [0.25, 0.3) is 5.91 Å². The zero-order valence-electron chi connectivity index (χ0n) is 15.0. The lowest BCUT2D eigenvalue weighted by Crippen LogP contribution is -2.33. The van der Waals surface area contributed by atoms with Crippen LogP contribution in [-0.2, 0) is 0 Å². The number of likely N-dealkylation sites (tertiary alicyclic amines) is 1. The Balaban J connectivity index is 1.25. The van der Waals surface area contributed by atoms with Crippen LogP contribution in [0.1, 0.15) is 10.5 Å². The van der Waals surface area contributed by atoms with Crippen molar-refractivity contribution in [2.75, 3.05) is 31.1 Å².